The largest absolute Gasteiger partial charge is 0.493 e. The molecule has 0 bridgehead atoms. The second-order valence-electron chi connectivity index (χ2n) is 4.74. The Bertz CT molecular complexity index is 917. The summed E-state index contributed by atoms with van der Waals surface area (Å²) in [4.78, 5) is 17.1. The van der Waals surface area contributed by atoms with Crippen LogP contribution in [0.4, 0.5) is 5.69 Å². The van der Waals surface area contributed by atoms with E-state index in [1.165, 1.54) is 24.5 Å². The fourth-order valence-corrected chi connectivity index (χ4v) is 3.18. The van der Waals surface area contributed by atoms with Crippen molar-refractivity contribution in [3.63, 3.8) is 0 Å². The number of fused-ring (bicyclic) bond motifs is 1. The van der Waals surface area contributed by atoms with Crippen LogP contribution in [0.3, 0.4) is 0 Å². The van der Waals surface area contributed by atoms with Gasteiger partial charge in [-0.15, -0.1) is 11.3 Å². The SMILES string of the molecule is COc1ccc(NC(=O)/C=C/c2c(Cl)nc3sccn23)cc1OC. The number of rotatable bonds is 5. The minimum atomic E-state index is -0.288. The Morgan fingerprint density at radius 3 is 2.88 bits per heavy atom. The summed E-state index contributed by atoms with van der Waals surface area (Å²) in [6.07, 6.45) is 4.89. The van der Waals surface area contributed by atoms with Crippen molar-refractivity contribution < 1.29 is 14.3 Å². The Morgan fingerprint density at radius 1 is 1.33 bits per heavy atom. The monoisotopic (exact) mass is 363 g/mol. The van der Waals surface area contributed by atoms with Gasteiger partial charge in [-0.3, -0.25) is 9.20 Å². The Labute approximate surface area is 147 Å². The minimum absolute atomic E-state index is 0.288. The second kappa shape index (κ2) is 6.94. The van der Waals surface area contributed by atoms with E-state index >= 15 is 0 Å². The van der Waals surface area contributed by atoms with E-state index in [1.807, 2.05) is 16.0 Å². The molecule has 0 aliphatic carbocycles. The average molecular weight is 364 g/mol. The van der Waals surface area contributed by atoms with Gasteiger partial charge in [0.2, 0.25) is 5.91 Å². The van der Waals surface area contributed by atoms with Gasteiger partial charge in [0, 0.05) is 29.4 Å². The molecule has 124 valence electrons. The topological polar surface area (TPSA) is 64.9 Å². The zero-order chi connectivity index (χ0) is 17.1. The quantitative estimate of drug-likeness (QED) is 0.702. The maximum atomic E-state index is 12.1. The third-order valence-corrected chi connectivity index (χ3v) is 4.33. The van der Waals surface area contributed by atoms with Crippen LogP contribution in [-0.2, 0) is 4.79 Å². The molecule has 0 aliphatic rings. The highest BCUT2D eigenvalue weighted by Gasteiger charge is 2.09. The van der Waals surface area contributed by atoms with E-state index in [9.17, 15) is 4.79 Å². The number of carbonyl (C=O) groups excluding carboxylic acids is 1. The predicted molar refractivity (Wildman–Crippen MR) is 95.3 cm³/mol. The van der Waals surface area contributed by atoms with E-state index in [0.717, 1.165) is 4.96 Å². The van der Waals surface area contributed by atoms with Gasteiger partial charge in [0.05, 0.1) is 19.9 Å². The Kier molecular flexibility index (Phi) is 4.73. The molecule has 1 amide bonds. The summed E-state index contributed by atoms with van der Waals surface area (Å²) in [6, 6.07) is 5.14. The van der Waals surface area contributed by atoms with Gasteiger partial charge < -0.3 is 14.8 Å². The number of amides is 1. The summed E-state index contributed by atoms with van der Waals surface area (Å²) in [5.74, 6) is 0.846. The number of nitrogens with one attached hydrogen (secondary N) is 1. The molecule has 0 atom stereocenters. The van der Waals surface area contributed by atoms with Crippen molar-refractivity contribution in [3.05, 3.63) is 46.7 Å². The lowest BCUT2D eigenvalue weighted by molar-refractivity contribution is -0.111. The first kappa shape index (κ1) is 16.4. The molecule has 3 rings (SSSR count). The number of methoxy groups -OCH3 is 2. The molecule has 24 heavy (non-hydrogen) atoms. The lowest BCUT2D eigenvalue weighted by Crippen LogP contribution is -2.08. The van der Waals surface area contributed by atoms with Crippen LogP contribution < -0.4 is 14.8 Å². The number of halogens is 1. The minimum Gasteiger partial charge on any atom is -0.493 e. The van der Waals surface area contributed by atoms with Gasteiger partial charge in [-0.2, -0.15) is 0 Å². The van der Waals surface area contributed by atoms with Crippen molar-refractivity contribution >= 4 is 45.6 Å². The third kappa shape index (κ3) is 3.22. The number of ether oxygens (including phenoxy) is 2. The lowest BCUT2D eigenvalue weighted by Gasteiger charge is -2.09. The Hall–Kier alpha value is -2.51. The number of carbonyl (C=O) groups is 1. The second-order valence-corrected chi connectivity index (χ2v) is 5.97. The molecule has 2 aromatic heterocycles. The van der Waals surface area contributed by atoms with Gasteiger partial charge in [-0.25, -0.2) is 4.98 Å². The summed E-state index contributed by atoms with van der Waals surface area (Å²) in [5.41, 5.74) is 1.26. The number of anilines is 1. The lowest BCUT2D eigenvalue weighted by atomic mass is 10.2. The summed E-state index contributed by atoms with van der Waals surface area (Å²) >= 11 is 7.56. The van der Waals surface area contributed by atoms with Crippen molar-refractivity contribution in [3.8, 4) is 11.5 Å². The molecular weight excluding hydrogens is 350 g/mol. The average Bonchev–Trinajstić information content (AvgIpc) is 3.13. The van der Waals surface area contributed by atoms with Crippen LogP contribution >= 0.6 is 22.9 Å². The Morgan fingerprint density at radius 2 is 2.12 bits per heavy atom. The molecule has 0 spiro atoms. The van der Waals surface area contributed by atoms with Crippen LogP contribution in [0.15, 0.2) is 35.9 Å². The molecule has 3 aromatic rings. The maximum absolute atomic E-state index is 12.1. The van der Waals surface area contributed by atoms with Crippen LogP contribution in [0.2, 0.25) is 5.15 Å². The molecule has 1 N–H and O–H groups in total. The van der Waals surface area contributed by atoms with Crippen LogP contribution in [0.25, 0.3) is 11.0 Å². The first-order chi connectivity index (χ1) is 11.6. The van der Waals surface area contributed by atoms with Crippen molar-refractivity contribution in [2.75, 3.05) is 19.5 Å². The fraction of sp³-hybridized carbons (Fsp3) is 0.125. The van der Waals surface area contributed by atoms with Crippen LogP contribution in [0.5, 0.6) is 11.5 Å². The third-order valence-electron chi connectivity index (χ3n) is 3.30. The predicted octanol–water partition coefficient (Wildman–Crippen LogP) is 3.72. The summed E-state index contributed by atoms with van der Waals surface area (Å²) in [7, 11) is 3.09. The van der Waals surface area contributed by atoms with E-state index in [2.05, 4.69) is 10.3 Å². The van der Waals surface area contributed by atoms with Gasteiger partial charge in [-0.05, 0) is 18.2 Å². The number of hydrogen-bond acceptors (Lipinski definition) is 5. The highest BCUT2D eigenvalue weighted by Crippen LogP contribution is 2.29. The molecule has 0 unspecified atom stereocenters. The molecule has 1 aromatic carbocycles. The molecule has 0 fully saturated rings. The molecule has 0 radical (unpaired) electrons. The molecule has 0 aliphatic heterocycles. The first-order valence-corrected chi connectivity index (χ1v) is 8.20. The van der Waals surface area contributed by atoms with Gasteiger partial charge in [-0.1, -0.05) is 11.6 Å². The number of aromatic nitrogens is 2. The van der Waals surface area contributed by atoms with Gasteiger partial charge in [0.1, 0.15) is 0 Å². The fourth-order valence-electron chi connectivity index (χ4n) is 2.18. The summed E-state index contributed by atoms with van der Waals surface area (Å²) in [6.45, 7) is 0. The zero-order valence-electron chi connectivity index (χ0n) is 12.9. The van der Waals surface area contributed by atoms with E-state index in [-0.39, 0.29) is 5.91 Å². The molecular formula is C16H14ClN3O3S. The number of nitrogens with zero attached hydrogens (tertiary/aromatic N) is 2. The molecule has 8 heteroatoms. The van der Waals surface area contributed by atoms with E-state index in [1.54, 1.807) is 31.4 Å². The van der Waals surface area contributed by atoms with Crippen molar-refractivity contribution in [1.29, 1.82) is 0 Å². The van der Waals surface area contributed by atoms with Gasteiger partial charge in [0.25, 0.3) is 0 Å². The number of benzene rings is 1. The maximum Gasteiger partial charge on any atom is 0.248 e. The Balaban J connectivity index is 1.76. The standard InChI is InChI=1S/C16H14ClN3O3S/c1-22-12-5-3-10(9-13(12)23-2)18-14(21)6-4-11-15(17)19-16-20(11)7-8-24-16/h3-9H,1-2H3,(H,18,21)/b6-4+. The number of thiazole rings is 1. The zero-order valence-corrected chi connectivity index (χ0v) is 14.5. The first-order valence-electron chi connectivity index (χ1n) is 6.94. The van der Waals surface area contributed by atoms with Crippen molar-refractivity contribution in [2.45, 2.75) is 0 Å². The molecule has 0 saturated carbocycles. The highest BCUT2D eigenvalue weighted by atomic mass is 35.5. The van der Waals surface area contributed by atoms with Crippen LogP contribution in [-0.4, -0.2) is 29.5 Å². The van der Waals surface area contributed by atoms with Crippen molar-refractivity contribution in [2.24, 2.45) is 0 Å². The van der Waals surface area contributed by atoms with Crippen LogP contribution in [0.1, 0.15) is 5.69 Å². The normalized spacial score (nSPS) is 11.1. The number of imidazole rings is 1. The van der Waals surface area contributed by atoms with E-state index in [4.69, 9.17) is 21.1 Å². The smallest absolute Gasteiger partial charge is 0.248 e. The van der Waals surface area contributed by atoms with Crippen LogP contribution in [0, 0.1) is 0 Å². The summed E-state index contributed by atoms with van der Waals surface area (Å²) < 4.78 is 12.2. The molecule has 2 heterocycles. The van der Waals surface area contributed by atoms with E-state index < -0.39 is 0 Å². The van der Waals surface area contributed by atoms with E-state index in [0.29, 0.717) is 28.0 Å². The highest BCUT2D eigenvalue weighted by molar-refractivity contribution is 7.15. The summed E-state index contributed by atoms with van der Waals surface area (Å²) in [5, 5.41) is 5.02. The van der Waals surface area contributed by atoms with Crippen molar-refractivity contribution in [1.82, 2.24) is 9.38 Å². The molecule has 6 nitrogen and oxygen atoms in total. The van der Waals surface area contributed by atoms with Gasteiger partial charge >= 0.3 is 0 Å². The molecule has 0 saturated heterocycles. The number of hydrogen-bond donors (Lipinski definition) is 1. The van der Waals surface area contributed by atoms with Gasteiger partial charge in [0.15, 0.2) is 21.6 Å².